The van der Waals surface area contributed by atoms with Gasteiger partial charge in [-0.25, -0.2) is 0 Å². The zero-order chi connectivity index (χ0) is 17.0. The van der Waals surface area contributed by atoms with Gasteiger partial charge in [-0.15, -0.1) is 0 Å². The predicted molar refractivity (Wildman–Crippen MR) is 88.2 cm³/mol. The van der Waals surface area contributed by atoms with Gasteiger partial charge in [0.1, 0.15) is 11.5 Å². The Balaban J connectivity index is 2.19. The molecule has 23 heavy (non-hydrogen) atoms. The third kappa shape index (κ3) is 4.10. The molecule has 0 aromatic heterocycles. The minimum Gasteiger partial charge on any atom is -0.506 e. The van der Waals surface area contributed by atoms with E-state index < -0.39 is 0 Å². The molecule has 2 N–H and O–H groups in total. The number of Topliss-reactive ketones (excluding diaryl/α,β-unsaturated/α-hetero) is 1. The van der Waals surface area contributed by atoms with Crippen molar-refractivity contribution >= 4 is 17.4 Å². The highest BCUT2D eigenvalue weighted by molar-refractivity contribution is 5.96. The Kier molecular flexibility index (Phi) is 5.01. The van der Waals surface area contributed by atoms with E-state index in [1.165, 1.54) is 14.0 Å². The van der Waals surface area contributed by atoms with Crippen LogP contribution in [0.5, 0.6) is 11.5 Å². The van der Waals surface area contributed by atoms with Crippen molar-refractivity contribution < 1.29 is 19.4 Å². The van der Waals surface area contributed by atoms with Gasteiger partial charge in [0.15, 0.2) is 5.78 Å². The molecule has 0 heterocycles. The highest BCUT2D eigenvalue weighted by Crippen LogP contribution is 2.25. The molecule has 0 radical (unpaired) electrons. The Morgan fingerprint density at radius 3 is 2.52 bits per heavy atom. The lowest BCUT2D eigenvalue weighted by atomic mass is 10.0. The molecule has 5 nitrogen and oxygen atoms in total. The molecule has 0 unspecified atom stereocenters. The molecule has 2 aromatic rings. The predicted octanol–water partition coefficient (Wildman–Crippen LogP) is 3.09. The monoisotopic (exact) mass is 313 g/mol. The van der Waals surface area contributed by atoms with Crippen LogP contribution >= 0.6 is 0 Å². The van der Waals surface area contributed by atoms with Gasteiger partial charge in [-0.05, 0) is 49.7 Å². The third-order valence-electron chi connectivity index (χ3n) is 3.47. The molecule has 0 fully saturated rings. The second-order valence-electron chi connectivity index (χ2n) is 5.33. The van der Waals surface area contributed by atoms with Crippen molar-refractivity contribution in [1.82, 2.24) is 0 Å². The zero-order valence-electron chi connectivity index (χ0n) is 13.3. The minimum absolute atomic E-state index is 0.0165. The summed E-state index contributed by atoms with van der Waals surface area (Å²) < 4.78 is 5.23. The molecule has 0 saturated carbocycles. The molecule has 0 saturated heterocycles. The molecule has 2 rings (SSSR count). The van der Waals surface area contributed by atoms with E-state index in [0.29, 0.717) is 22.6 Å². The largest absolute Gasteiger partial charge is 0.506 e. The van der Waals surface area contributed by atoms with Crippen LogP contribution in [0.4, 0.5) is 5.69 Å². The number of ketones is 1. The summed E-state index contributed by atoms with van der Waals surface area (Å²) in [6.07, 6.45) is 0.0393. The molecule has 2 aromatic carbocycles. The second-order valence-corrected chi connectivity index (χ2v) is 5.33. The maximum atomic E-state index is 12.2. The molecule has 120 valence electrons. The number of carbonyl (C=O) groups excluding carboxylic acids is 2. The lowest BCUT2D eigenvalue weighted by Gasteiger charge is -2.11. The van der Waals surface area contributed by atoms with E-state index in [2.05, 4.69) is 5.32 Å². The average molecular weight is 313 g/mol. The minimum atomic E-state index is -0.303. The zero-order valence-corrected chi connectivity index (χ0v) is 13.3. The number of nitrogens with one attached hydrogen (secondary N) is 1. The number of hydrogen-bond donors (Lipinski definition) is 2. The van der Waals surface area contributed by atoms with Crippen LogP contribution in [0.3, 0.4) is 0 Å². The van der Waals surface area contributed by atoms with Gasteiger partial charge in [0.25, 0.3) is 0 Å². The third-order valence-corrected chi connectivity index (χ3v) is 3.47. The van der Waals surface area contributed by atoms with Crippen LogP contribution < -0.4 is 10.1 Å². The Morgan fingerprint density at radius 1 is 1.17 bits per heavy atom. The van der Waals surface area contributed by atoms with Crippen LogP contribution in [0, 0.1) is 6.92 Å². The number of amides is 1. The first-order valence-corrected chi connectivity index (χ1v) is 7.18. The first kappa shape index (κ1) is 16.5. The molecule has 0 aliphatic heterocycles. The van der Waals surface area contributed by atoms with Gasteiger partial charge in [-0.2, -0.15) is 0 Å². The van der Waals surface area contributed by atoms with Gasteiger partial charge in [0.05, 0.1) is 19.2 Å². The SMILES string of the molecule is COc1ccc(C(C)=O)cc1CC(=O)Nc1ccc(C)cc1O. The molecule has 0 spiro atoms. The summed E-state index contributed by atoms with van der Waals surface area (Å²) in [4.78, 5) is 23.7. The number of aromatic hydroxyl groups is 1. The summed E-state index contributed by atoms with van der Waals surface area (Å²) in [5.74, 6) is 0.176. The van der Waals surface area contributed by atoms with Crippen molar-refractivity contribution in [2.75, 3.05) is 12.4 Å². The Hall–Kier alpha value is -2.82. The van der Waals surface area contributed by atoms with Crippen LogP contribution in [0.15, 0.2) is 36.4 Å². The fourth-order valence-electron chi connectivity index (χ4n) is 2.25. The van der Waals surface area contributed by atoms with Crippen molar-refractivity contribution in [3.8, 4) is 11.5 Å². The van der Waals surface area contributed by atoms with Crippen LogP contribution in [-0.2, 0) is 11.2 Å². The fraction of sp³-hybridized carbons (Fsp3) is 0.222. The first-order chi connectivity index (χ1) is 10.9. The molecule has 1 amide bonds. The average Bonchev–Trinajstić information content (AvgIpc) is 2.50. The number of anilines is 1. The van der Waals surface area contributed by atoms with Gasteiger partial charge in [0, 0.05) is 11.1 Å². The van der Waals surface area contributed by atoms with E-state index in [1.54, 1.807) is 36.4 Å². The van der Waals surface area contributed by atoms with Crippen LogP contribution in [0.25, 0.3) is 0 Å². The highest BCUT2D eigenvalue weighted by Gasteiger charge is 2.13. The molecule has 5 heteroatoms. The molecular weight excluding hydrogens is 294 g/mol. The molecule has 0 bridgehead atoms. The summed E-state index contributed by atoms with van der Waals surface area (Å²) in [6.45, 7) is 3.32. The van der Waals surface area contributed by atoms with Crippen molar-refractivity contribution in [1.29, 1.82) is 0 Å². The van der Waals surface area contributed by atoms with E-state index in [-0.39, 0.29) is 23.9 Å². The Bertz CT molecular complexity index is 753. The van der Waals surface area contributed by atoms with Gasteiger partial charge >= 0.3 is 0 Å². The van der Waals surface area contributed by atoms with Crippen molar-refractivity contribution in [3.05, 3.63) is 53.1 Å². The topological polar surface area (TPSA) is 75.6 Å². The Labute approximate surface area is 134 Å². The van der Waals surface area contributed by atoms with Gasteiger partial charge in [0.2, 0.25) is 5.91 Å². The maximum Gasteiger partial charge on any atom is 0.229 e. The number of rotatable bonds is 5. The number of methoxy groups -OCH3 is 1. The summed E-state index contributed by atoms with van der Waals surface area (Å²) in [5.41, 5.74) is 2.38. The highest BCUT2D eigenvalue weighted by atomic mass is 16.5. The van der Waals surface area contributed by atoms with E-state index in [9.17, 15) is 14.7 Å². The number of aryl methyl sites for hydroxylation is 1. The van der Waals surface area contributed by atoms with E-state index >= 15 is 0 Å². The number of carbonyl (C=O) groups is 2. The Morgan fingerprint density at radius 2 is 1.91 bits per heavy atom. The van der Waals surface area contributed by atoms with Gasteiger partial charge in [-0.1, -0.05) is 6.07 Å². The number of hydrogen-bond acceptors (Lipinski definition) is 4. The van der Waals surface area contributed by atoms with Crippen LogP contribution in [0.2, 0.25) is 0 Å². The van der Waals surface area contributed by atoms with E-state index in [1.807, 2.05) is 6.92 Å². The van der Waals surface area contributed by atoms with Gasteiger partial charge in [-0.3, -0.25) is 9.59 Å². The smallest absolute Gasteiger partial charge is 0.229 e. The number of ether oxygens (including phenoxy) is 1. The number of phenols is 1. The van der Waals surface area contributed by atoms with E-state index in [0.717, 1.165) is 5.56 Å². The standard InChI is InChI=1S/C18H19NO4/c1-11-4-6-15(16(21)8-11)19-18(22)10-14-9-13(12(2)20)5-7-17(14)23-3/h4-9,21H,10H2,1-3H3,(H,19,22). The first-order valence-electron chi connectivity index (χ1n) is 7.18. The maximum absolute atomic E-state index is 12.2. The number of phenolic OH excluding ortho intramolecular Hbond substituents is 1. The fourth-order valence-corrected chi connectivity index (χ4v) is 2.25. The van der Waals surface area contributed by atoms with Crippen LogP contribution in [0.1, 0.15) is 28.4 Å². The summed E-state index contributed by atoms with van der Waals surface area (Å²) in [5, 5.41) is 12.5. The molecular formula is C18H19NO4. The van der Waals surface area contributed by atoms with Gasteiger partial charge < -0.3 is 15.2 Å². The van der Waals surface area contributed by atoms with E-state index in [4.69, 9.17) is 4.74 Å². The second kappa shape index (κ2) is 6.96. The molecule has 0 atom stereocenters. The van der Waals surface area contributed by atoms with Crippen molar-refractivity contribution in [2.24, 2.45) is 0 Å². The molecule has 0 aliphatic carbocycles. The lowest BCUT2D eigenvalue weighted by Crippen LogP contribution is -2.15. The van der Waals surface area contributed by atoms with Crippen molar-refractivity contribution in [2.45, 2.75) is 20.3 Å². The summed E-state index contributed by atoms with van der Waals surface area (Å²) in [6, 6.07) is 10.00. The lowest BCUT2D eigenvalue weighted by molar-refractivity contribution is -0.115. The number of benzene rings is 2. The quantitative estimate of drug-likeness (QED) is 0.657. The van der Waals surface area contributed by atoms with Crippen molar-refractivity contribution in [3.63, 3.8) is 0 Å². The summed E-state index contributed by atoms with van der Waals surface area (Å²) >= 11 is 0. The van der Waals surface area contributed by atoms with Crippen LogP contribution in [-0.4, -0.2) is 23.9 Å². The summed E-state index contributed by atoms with van der Waals surface area (Å²) in [7, 11) is 1.51. The normalized spacial score (nSPS) is 10.2. The molecule has 0 aliphatic rings.